The van der Waals surface area contributed by atoms with Gasteiger partial charge >= 0.3 is 0 Å². The van der Waals surface area contributed by atoms with Gasteiger partial charge < -0.3 is 4.90 Å². The number of likely N-dealkylation sites (N-methyl/N-ethyl adjacent to an activating group) is 1. The molecule has 0 spiro atoms. The number of Topliss-reactive ketones (excluding diaryl/α,β-unsaturated/α-hetero) is 1. The molecule has 0 aliphatic rings. The molecule has 0 saturated heterocycles. The van der Waals surface area contributed by atoms with Gasteiger partial charge in [-0.05, 0) is 30.5 Å². The monoisotopic (exact) mass is 321 g/mol. The summed E-state index contributed by atoms with van der Waals surface area (Å²) in [7, 11) is 0. The van der Waals surface area contributed by atoms with Crippen LogP contribution in [0, 0.1) is 0 Å². The van der Waals surface area contributed by atoms with Gasteiger partial charge in [0.2, 0.25) is 5.91 Å². The quantitative estimate of drug-likeness (QED) is 0.724. The summed E-state index contributed by atoms with van der Waals surface area (Å²) in [5.41, 5.74) is 3.31. The van der Waals surface area contributed by atoms with Gasteiger partial charge in [0.15, 0.2) is 0 Å². The molecule has 2 rings (SSSR count). The molecule has 0 N–H and O–H groups in total. The lowest BCUT2D eigenvalue weighted by Gasteiger charge is -2.19. The van der Waals surface area contributed by atoms with Crippen molar-refractivity contribution < 1.29 is 9.59 Å². The van der Waals surface area contributed by atoms with Crippen molar-refractivity contribution in [3.8, 4) is 0 Å². The van der Waals surface area contributed by atoms with Crippen molar-refractivity contribution in [3.63, 3.8) is 0 Å². The zero-order valence-electron chi connectivity index (χ0n) is 14.2. The molecule has 0 aliphatic heterocycles. The third-order valence-corrected chi connectivity index (χ3v) is 3.82. The first-order valence-electron chi connectivity index (χ1n) is 8.20. The Kier molecular flexibility index (Phi) is 6.50. The Balaban J connectivity index is 2.28. The smallest absolute Gasteiger partial charge is 0.230 e. The largest absolute Gasteiger partial charge is 0.339 e. The Morgan fingerprint density at radius 2 is 1.42 bits per heavy atom. The fraction of sp³-hybridized carbons (Fsp3) is 0.238. The van der Waals surface area contributed by atoms with Crippen LogP contribution in [0.15, 0.2) is 66.7 Å². The van der Waals surface area contributed by atoms with Gasteiger partial charge in [-0.2, -0.15) is 0 Å². The molecule has 24 heavy (non-hydrogen) atoms. The SMILES string of the molecule is CCN(CC=C(c1ccccc1)c1ccccc1)C(=O)CC(C)=O. The van der Waals surface area contributed by atoms with Crippen LogP contribution in [0.1, 0.15) is 31.4 Å². The van der Waals surface area contributed by atoms with E-state index in [0.29, 0.717) is 13.1 Å². The van der Waals surface area contributed by atoms with E-state index in [2.05, 4.69) is 30.3 Å². The van der Waals surface area contributed by atoms with Crippen molar-refractivity contribution in [3.05, 3.63) is 77.9 Å². The van der Waals surface area contributed by atoms with Crippen molar-refractivity contribution in [2.45, 2.75) is 20.3 Å². The first-order chi connectivity index (χ1) is 11.6. The highest BCUT2D eigenvalue weighted by molar-refractivity contribution is 5.97. The molecule has 0 heterocycles. The van der Waals surface area contributed by atoms with Gasteiger partial charge in [-0.15, -0.1) is 0 Å². The number of amides is 1. The van der Waals surface area contributed by atoms with Gasteiger partial charge in [0, 0.05) is 13.1 Å². The lowest BCUT2D eigenvalue weighted by molar-refractivity contribution is -0.134. The van der Waals surface area contributed by atoms with Crippen LogP contribution >= 0.6 is 0 Å². The number of hydrogen-bond donors (Lipinski definition) is 0. The third kappa shape index (κ3) is 4.92. The van der Waals surface area contributed by atoms with Crippen LogP contribution in [-0.2, 0) is 9.59 Å². The number of ketones is 1. The minimum atomic E-state index is -0.123. The van der Waals surface area contributed by atoms with E-state index in [1.54, 1.807) is 4.90 Å². The highest BCUT2D eigenvalue weighted by Gasteiger charge is 2.13. The molecule has 0 atom stereocenters. The van der Waals surface area contributed by atoms with Crippen molar-refractivity contribution in [1.29, 1.82) is 0 Å². The minimum absolute atomic E-state index is 0.0340. The Hall–Kier alpha value is -2.68. The summed E-state index contributed by atoms with van der Waals surface area (Å²) in [6.45, 7) is 4.44. The number of carbonyl (C=O) groups is 2. The summed E-state index contributed by atoms with van der Waals surface area (Å²) in [6.07, 6.45) is 2.03. The molecule has 0 aliphatic carbocycles. The fourth-order valence-electron chi connectivity index (χ4n) is 2.57. The van der Waals surface area contributed by atoms with Crippen LogP contribution in [0.25, 0.3) is 5.57 Å². The standard InChI is InChI=1S/C21H23NO2/c1-3-22(21(24)16-17(2)23)15-14-20(18-10-6-4-7-11-18)19-12-8-5-9-13-19/h4-14H,3,15-16H2,1-2H3. The summed E-state index contributed by atoms with van der Waals surface area (Å²) in [4.78, 5) is 25.0. The predicted molar refractivity (Wildman–Crippen MR) is 97.5 cm³/mol. The van der Waals surface area contributed by atoms with Crippen molar-refractivity contribution in [1.82, 2.24) is 4.90 Å². The van der Waals surface area contributed by atoms with Crippen LogP contribution in [-0.4, -0.2) is 29.7 Å². The summed E-state index contributed by atoms with van der Waals surface area (Å²) in [6, 6.07) is 20.2. The lowest BCUT2D eigenvalue weighted by Crippen LogP contribution is -2.32. The Morgan fingerprint density at radius 1 is 0.917 bits per heavy atom. The number of benzene rings is 2. The van der Waals surface area contributed by atoms with E-state index in [1.165, 1.54) is 6.92 Å². The third-order valence-electron chi connectivity index (χ3n) is 3.82. The van der Waals surface area contributed by atoms with Crippen molar-refractivity contribution in [2.24, 2.45) is 0 Å². The molecule has 3 nitrogen and oxygen atoms in total. The number of nitrogens with zero attached hydrogens (tertiary/aromatic N) is 1. The van der Waals surface area contributed by atoms with E-state index >= 15 is 0 Å². The van der Waals surface area contributed by atoms with Gasteiger partial charge in [0.25, 0.3) is 0 Å². The van der Waals surface area contributed by atoms with Crippen LogP contribution in [0.5, 0.6) is 0 Å². The van der Waals surface area contributed by atoms with E-state index in [-0.39, 0.29) is 18.1 Å². The summed E-state index contributed by atoms with van der Waals surface area (Å²) >= 11 is 0. The maximum absolute atomic E-state index is 12.1. The first-order valence-corrected chi connectivity index (χ1v) is 8.20. The van der Waals surface area contributed by atoms with E-state index in [9.17, 15) is 9.59 Å². The zero-order valence-corrected chi connectivity index (χ0v) is 14.2. The number of carbonyl (C=O) groups excluding carboxylic acids is 2. The van der Waals surface area contributed by atoms with Crippen molar-refractivity contribution in [2.75, 3.05) is 13.1 Å². The molecule has 124 valence electrons. The van der Waals surface area contributed by atoms with Gasteiger partial charge in [0.1, 0.15) is 5.78 Å². The maximum atomic E-state index is 12.1. The molecule has 0 aromatic heterocycles. The normalized spacial score (nSPS) is 10.1. The summed E-state index contributed by atoms with van der Waals surface area (Å²) in [5, 5.41) is 0. The van der Waals surface area contributed by atoms with Crippen LogP contribution in [0.3, 0.4) is 0 Å². The second-order valence-corrected chi connectivity index (χ2v) is 5.66. The molecule has 0 saturated carbocycles. The Labute approximate surface area is 143 Å². The average Bonchev–Trinajstić information content (AvgIpc) is 2.59. The molecule has 2 aromatic rings. The molecule has 0 radical (unpaired) electrons. The molecule has 3 heteroatoms. The Morgan fingerprint density at radius 3 is 1.83 bits per heavy atom. The molecule has 0 bridgehead atoms. The second-order valence-electron chi connectivity index (χ2n) is 5.66. The summed E-state index contributed by atoms with van der Waals surface area (Å²) in [5.74, 6) is -0.226. The van der Waals surface area contributed by atoms with Gasteiger partial charge in [-0.25, -0.2) is 0 Å². The van der Waals surface area contributed by atoms with Gasteiger partial charge in [-0.3, -0.25) is 9.59 Å². The van der Waals surface area contributed by atoms with Crippen LogP contribution in [0.2, 0.25) is 0 Å². The van der Waals surface area contributed by atoms with Gasteiger partial charge in [-0.1, -0.05) is 66.7 Å². The van der Waals surface area contributed by atoms with E-state index in [0.717, 1.165) is 16.7 Å². The second kappa shape index (κ2) is 8.82. The summed E-state index contributed by atoms with van der Waals surface area (Å²) < 4.78 is 0. The fourth-order valence-corrected chi connectivity index (χ4v) is 2.57. The van der Waals surface area contributed by atoms with Crippen molar-refractivity contribution >= 4 is 17.3 Å². The van der Waals surface area contributed by atoms with E-state index in [4.69, 9.17) is 0 Å². The Bertz CT molecular complexity index is 664. The van der Waals surface area contributed by atoms with Gasteiger partial charge in [0.05, 0.1) is 6.42 Å². The minimum Gasteiger partial charge on any atom is -0.339 e. The molecule has 0 fully saturated rings. The topological polar surface area (TPSA) is 37.4 Å². The van der Waals surface area contributed by atoms with E-state index < -0.39 is 0 Å². The maximum Gasteiger partial charge on any atom is 0.230 e. The molecular formula is C21H23NO2. The highest BCUT2D eigenvalue weighted by Crippen LogP contribution is 2.23. The van der Waals surface area contributed by atoms with Crippen LogP contribution in [0.4, 0.5) is 0 Å². The first kappa shape index (κ1) is 17.7. The molecule has 1 amide bonds. The predicted octanol–water partition coefficient (Wildman–Crippen LogP) is 3.95. The number of hydrogen-bond acceptors (Lipinski definition) is 2. The number of rotatable bonds is 7. The molecule has 2 aromatic carbocycles. The molecule has 0 unspecified atom stereocenters. The zero-order chi connectivity index (χ0) is 17.4. The molecular weight excluding hydrogens is 298 g/mol. The average molecular weight is 321 g/mol. The van der Waals surface area contributed by atoms with Crippen LogP contribution < -0.4 is 0 Å². The highest BCUT2D eigenvalue weighted by atomic mass is 16.2. The van der Waals surface area contributed by atoms with E-state index in [1.807, 2.05) is 43.3 Å². The lowest BCUT2D eigenvalue weighted by atomic mass is 9.97.